The van der Waals surface area contributed by atoms with Gasteiger partial charge >= 0.3 is 5.97 Å². The van der Waals surface area contributed by atoms with Crippen LogP contribution >= 0.6 is 0 Å². The molecule has 0 aliphatic carbocycles. The number of hydrogen-bond acceptors (Lipinski definition) is 5. The molecule has 1 amide bonds. The number of pyridine rings is 1. The van der Waals surface area contributed by atoms with Gasteiger partial charge in [0.2, 0.25) is 0 Å². The lowest BCUT2D eigenvalue weighted by Crippen LogP contribution is -2.49. The molecule has 1 N–H and O–H groups in total. The molecule has 0 aromatic carbocycles. The van der Waals surface area contributed by atoms with Gasteiger partial charge in [-0.3, -0.25) is 9.59 Å². The van der Waals surface area contributed by atoms with Crippen molar-refractivity contribution in [3.63, 3.8) is 0 Å². The second-order valence-electron chi connectivity index (χ2n) is 6.54. The average Bonchev–Trinajstić information content (AvgIpc) is 2.96. The van der Waals surface area contributed by atoms with Crippen LogP contribution in [-0.2, 0) is 9.53 Å². The topological polar surface area (TPSA) is 97.5 Å². The molecule has 134 valence electrons. The summed E-state index contributed by atoms with van der Waals surface area (Å²) in [6.45, 7) is 6.84. The molecule has 8 heteroatoms. The lowest BCUT2D eigenvalue weighted by molar-refractivity contribution is -0.139. The Labute approximate surface area is 145 Å². The van der Waals surface area contributed by atoms with E-state index < -0.39 is 12.0 Å². The van der Waals surface area contributed by atoms with Crippen molar-refractivity contribution in [2.45, 2.75) is 39.3 Å². The summed E-state index contributed by atoms with van der Waals surface area (Å²) in [5, 5.41) is 14.2. The molecule has 3 heterocycles. The summed E-state index contributed by atoms with van der Waals surface area (Å²) in [6.07, 6.45) is 1.57. The summed E-state index contributed by atoms with van der Waals surface area (Å²) in [5.74, 6) is -1.16. The molecule has 25 heavy (non-hydrogen) atoms. The predicted molar refractivity (Wildman–Crippen MR) is 90.5 cm³/mol. The third kappa shape index (κ3) is 3.34. The van der Waals surface area contributed by atoms with Crippen LogP contribution in [0.5, 0.6) is 0 Å². The Hall–Kier alpha value is -2.48. The van der Waals surface area contributed by atoms with Crippen LogP contribution in [0, 0.1) is 6.92 Å². The number of amides is 1. The summed E-state index contributed by atoms with van der Waals surface area (Å²) in [6, 6.07) is 1.50. The van der Waals surface area contributed by atoms with Crippen molar-refractivity contribution in [2.24, 2.45) is 0 Å². The van der Waals surface area contributed by atoms with Crippen LogP contribution in [0.15, 0.2) is 12.3 Å². The molecule has 1 atom stereocenters. The van der Waals surface area contributed by atoms with Crippen LogP contribution in [-0.4, -0.2) is 62.4 Å². The molecular formula is C17H22N4O4. The molecule has 0 spiro atoms. The lowest BCUT2D eigenvalue weighted by atomic mass is 10.1. The fraction of sp³-hybridized carbons (Fsp3) is 0.529. The molecule has 1 saturated heterocycles. The SMILES string of the molecule is Cc1nc2c(cnn2C(C)C)cc1C(=O)N1CCOCC1CC(=O)O. The number of ether oxygens (including phenoxy) is 1. The summed E-state index contributed by atoms with van der Waals surface area (Å²) in [7, 11) is 0. The van der Waals surface area contributed by atoms with Gasteiger partial charge in [-0.25, -0.2) is 9.67 Å². The number of aliphatic carboxylic acids is 1. The number of rotatable bonds is 4. The van der Waals surface area contributed by atoms with Crippen LogP contribution in [0.3, 0.4) is 0 Å². The number of carbonyl (C=O) groups excluding carboxylic acids is 1. The van der Waals surface area contributed by atoms with Gasteiger partial charge in [0.05, 0.1) is 43.1 Å². The summed E-state index contributed by atoms with van der Waals surface area (Å²) in [5.41, 5.74) is 1.83. The molecule has 2 aromatic heterocycles. The lowest BCUT2D eigenvalue weighted by Gasteiger charge is -2.35. The number of aromatic nitrogens is 3. The highest BCUT2D eigenvalue weighted by Gasteiger charge is 2.31. The van der Waals surface area contributed by atoms with Crippen molar-refractivity contribution in [3.8, 4) is 0 Å². The van der Waals surface area contributed by atoms with Crippen molar-refractivity contribution in [1.82, 2.24) is 19.7 Å². The Kier molecular flexibility index (Phi) is 4.71. The fourth-order valence-corrected chi connectivity index (χ4v) is 3.11. The van der Waals surface area contributed by atoms with Crippen molar-refractivity contribution in [3.05, 3.63) is 23.5 Å². The van der Waals surface area contributed by atoms with Gasteiger partial charge in [-0.1, -0.05) is 0 Å². The van der Waals surface area contributed by atoms with Gasteiger partial charge < -0.3 is 14.7 Å². The van der Waals surface area contributed by atoms with E-state index in [2.05, 4.69) is 10.1 Å². The van der Waals surface area contributed by atoms with E-state index in [1.165, 1.54) is 0 Å². The van der Waals surface area contributed by atoms with Crippen molar-refractivity contribution in [1.29, 1.82) is 0 Å². The van der Waals surface area contributed by atoms with E-state index in [1.807, 2.05) is 18.5 Å². The molecule has 0 saturated carbocycles. The fourth-order valence-electron chi connectivity index (χ4n) is 3.11. The molecule has 1 aliphatic rings. The van der Waals surface area contributed by atoms with Gasteiger partial charge in [0.1, 0.15) is 0 Å². The first-order valence-corrected chi connectivity index (χ1v) is 8.34. The summed E-state index contributed by atoms with van der Waals surface area (Å²) < 4.78 is 7.16. The van der Waals surface area contributed by atoms with E-state index in [0.29, 0.717) is 24.4 Å². The third-order valence-electron chi connectivity index (χ3n) is 4.38. The number of aryl methyl sites for hydroxylation is 1. The second-order valence-corrected chi connectivity index (χ2v) is 6.54. The Morgan fingerprint density at radius 3 is 2.88 bits per heavy atom. The monoisotopic (exact) mass is 346 g/mol. The minimum Gasteiger partial charge on any atom is -0.481 e. The quantitative estimate of drug-likeness (QED) is 0.904. The number of carboxylic acid groups (broad SMARTS) is 1. The second kappa shape index (κ2) is 6.79. The highest BCUT2D eigenvalue weighted by Crippen LogP contribution is 2.22. The molecule has 3 rings (SSSR count). The minimum absolute atomic E-state index is 0.133. The van der Waals surface area contributed by atoms with Crippen LogP contribution in [0.25, 0.3) is 11.0 Å². The molecule has 0 radical (unpaired) electrons. The highest BCUT2D eigenvalue weighted by atomic mass is 16.5. The summed E-state index contributed by atoms with van der Waals surface area (Å²) in [4.78, 5) is 30.2. The van der Waals surface area contributed by atoms with Crippen LogP contribution in [0.4, 0.5) is 0 Å². The van der Waals surface area contributed by atoms with E-state index in [4.69, 9.17) is 9.84 Å². The largest absolute Gasteiger partial charge is 0.481 e. The van der Waals surface area contributed by atoms with Gasteiger partial charge in [0, 0.05) is 18.0 Å². The van der Waals surface area contributed by atoms with Gasteiger partial charge in [-0.15, -0.1) is 0 Å². The summed E-state index contributed by atoms with van der Waals surface area (Å²) >= 11 is 0. The maximum Gasteiger partial charge on any atom is 0.305 e. The van der Waals surface area contributed by atoms with Crippen molar-refractivity contribution >= 4 is 22.9 Å². The molecule has 8 nitrogen and oxygen atoms in total. The normalized spacial score (nSPS) is 18.1. The van der Waals surface area contributed by atoms with Gasteiger partial charge in [0.15, 0.2) is 5.65 Å². The molecule has 1 unspecified atom stereocenters. The average molecular weight is 346 g/mol. The number of hydrogen-bond donors (Lipinski definition) is 1. The Morgan fingerprint density at radius 1 is 1.44 bits per heavy atom. The van der Waals surface area contributed by atoms with E-state index in [-0.39, 0.29) is 25.0 Å². The van der Waals surface area contributed by atoms with Gasteiger partial charge in [-0.05, 0) is 26.8 Å². The predicted octanol–water partition coefficient (Wildman–Crippen LogP) is 1.64. The molecule has 1 fully saturated rings. The zero-order chi connectivity index (χ0) is 18.1. The van der Waals surface area contributed by atoms with Crippen molar-refractivity contribution < 1.29 is 19.4 Å². The van der Waals surface area contributed by atoms with E-state index in [1.54, 1.807) is 24.1 Å². The first-order valence-electron chi connectivity index (χ1n) is 8.34. The maximum absolute atomic E-state index is 13.0. The number of morpholine rings is 1. The first-order chi connectivity index (χ1) is 11.9. The number of fused-ring (bicyclic) bond motifs is 1. The van der Waals surface area contributed by atoms with Crippen LogP contribution in [0.2, 0.25) is 0 Å². The molecule has 0 bridgehead atoms. The molecule has 1 aliphatic heterocycles. The highest BCUT2D eigenvalue weighted by molar-refractivity contribution is 5.98. The smallest absolute Gasteiger partial charge is 0.305 e. The first kappa shape index (κ1) is 17.3. The zero-order valence-electron chi connectivity index (χ0n) is 14.6. The number of carbonyl (C=O) groups is 2. The Bertz CT molecular complexity index is 814. The third-order valence-corrected chi connectivity index (χ3v) is 4.38. The molecule has 2 aromatic rings. The van der Waals surface area contributed by atoms with Gasteiger partial charge in [0.25, 0.3) is 5.91 Å². The zero-order valence-corrected chi connectivity index (χ0v) is 14.6. The number of nitrogens with zero attached hydrogens (tertiary/aromatic N) is 4. The van der Waals surface area contributed by atoms with Crippen molar-refractivity contribution in [2.75, 3.05) is 19.8 Å². The van der Waals surface area contributed by atoms with Crippen LogP contribution in [0.1, 0.15) is 42.4 Å². The van der Waals surface area contributed by atoms with Crippen LogP contribution < -0.4 is 0 Å². The molecular weight excluding hydrogens is 324 g/mol. The standard InChI is InChI=1S/C17H22N4O4/c1-10(2)21-16-12(8-18-21)6-14(11(3)19-16)17(24)20-4-5-25-9-13(20)7-15(22)23/h6,8,10,13H,4-5,7,9H2,1-3H3,(H,22,23). The van der Waals surface area contributed by atoms with E-state index in [0.717, 1.165) is 11.0 Å². The Morgan fingerprint density at radius 2 is 2.20 bits per heavy atom. The van der Waals surface area contributed by atoms with E-state index in [9.17, 15) is 9.59 Å². The minimum atomic E-state index is -0.947. The maximum atomic E-state index is 13.0. The number of carboxylic acids is 1. The van der Waals surface area contributed by atoms with E-state index >= 15 is 0 Å². The Balaban J connectivity index is 1.95. The van der Waals surface area contributed by atoms with Gasteiger partial charge in [-0.2, -0.15) is 5.10 Å².